The van der Waals surface area contributed by atoms with Crippen LogP contribution in [-0.2, 0) is 14.4 Å². The summed E-state index contributed by atoms with van der Waals surface area (Å²) in [6.45, 7) is 4.22. The second-order valence-electron chi connectivity index (χ2n) is 9.92. The van der Waals surface area contributed by atoms with E-state index < -0.39 is 36.2 Å². The van der Waals surface area contributed by atoms with Gasteiger partial charge >= 0.3 is 0 Å². The third-order valence-electron chi connectivity index (χ3n) is 7.47. The fourth-order valence-corrected chi connectivity index (χ4v) is 5.56. The number of aliphatic hydroxyl groups is 1. The lowest BCUT2D eigenvalue weighted by Gasteiger charge is -2.30. The predicted octanol–water partition coefficient (Wildman–Crippen LogP) is 0.836. The molecule has 5 unspecified atom stereocenters. The van der Waals surface area contributed by atoms with Crippen molar-refractivity contribution in [2.75, 3.05) is 13.1 Å². The Kier molecular flexibility index (Phi) is 6.26. The number of amides is 4. The van der Waals surface area contributed by atoms with Crippen LogP contribution in [0.3, 0.4) is 0 Å². The van der Waals surface area contributed by atoms with Gasteiger partial charge in [-0.3, -0.25) is 19.2 Å². The molecule has 3 aliphatic rings. The van der Waals surface area contributed by atoms with Gasteiger partial charge in [0.2, 0.25) is 11.8 Å². The summed E-state index contributed by atoms with van der Waals surface area (Å²) in [5.41, 5.74) is 2.83. The molecule has 3 fully saturated rings. The highest BCUT2D eigenvalue weighted by Crippen LogP contribution is 2.31. The molecular formula is C27H30N4O5. The van der Waals surface area contributed by atoms with E-state index in [0.717, 1.165) is 11.1 Å². The van der Waals surface area contributed by atoms with Crippen LogP contribution in [0.4, 0.5) is 0 Å². The average Bonchev–Trinajstić information content (AvgIpc) is 3.47. The molecule has 2 aromatic rings. The lowest BCUT2D eigenvalue weighted by atomic mass is 10.0. The summed E-state index contributed by atoms with van der Waals surface area (Å²) in [6, 6.07) is 11.7. The predicted molar refractivity (Wildman–Crippen MR) is 131 cm³/mol. The van der Waals surface area contributed by atoms with Crippen molar-refractivity contribution >= 4 is 23.6 Å². The molecular weight excluding hydrogens is 460 g/mol. The van der Waals surface area contributed by atoms with Crippen LogP contribution in [0.15, 0.2) is 48.5 Å². The molecule has 188 valence electrons. The Balaban J connectivity index is 1.33. The quantitative estimate of drug-likeness (QED) is 0.587. The van der Waals surface area contributed by atoms with Crippen molar-refractivity contribution in [2.24, 2.45) is 0 Å². The first-order valence-corrected chi connectivity index (χ1v) is 12.3. The van der Waals surface area contributed by atoms with Crippen LogP contribution in [0.5, 0.6) is 0 Å². The number of nitrogens with zero attached hydrogens (tertiary/aromatic N) is 2. The summed E-state index contributed by atoms with van der Waals surface area (Å²) in [5, 5.41) is 16.6. The number of likely N-dealkylation sites (tertiary alicyclic amines) is 1. The lowest BCUT2D eigenvalue weighted by molar-refractivity contribution is -0.149. The maximum atomic E-state index is 13.7. The molecule has 3 saturated heterocycles. The van der Waals surface area contributed by atoms with Gasteiger partial charge in [-0.2, -0.15) is 0 Å². The van der Waals surface area contributed by atoms with Gasteiger partial charge in [0.15, 0.2) is 6.10 Å². The molecule has 3 N–H and O–H groups in total. The van der Waals surface area contributed by atoms with Crippen LogP contribution in [0.2, 0.25) is 0 Å². The van der Waals surface area contributed by atoms with Crippen molar-refractivity contribution in [3.8, 4) is 0 Å². The van der Waals surface area contributed by atoms with E-state index >= 15 is 0 Å². The standard InChI is InChI=1S/C27H30N4O5/c1-15-8-9-16(2)19(12-15)24(33)28-18-13-21-25(34)29-20-10-11-30(22(20)26(35)31(21)14-18)27(36)23(32)17-6-4-3-5-7-17/h3-9,12,18,20-23,32H,10-11,13-14H2,1-2H3,(H,28,33)(H,29,34). The van der Waals surface area contributed by atoms with Crippen molar-refractivity contribution in [2.45, 2.75) is 57.0 Å². The first-order valence-electron chi connectivity index (χ1n) is 12.3. The normalized spacial score (nSPS) is 26.1. The number of nitrogens with one attached hydrogen (secondary N) is 2. The Morgan fingerprint density at radius 2 is 1.86 bits per heavy atom. The second kappa shape index (κ2) is 9.39. The van der Waals surface area contributed by atoms with Crippen LogP contribution in [0.1, 0.15) is 46.0 Å². The molecule has 0 aliphatic carbocycles. The summed E-state index contributed by atoms with van der Waals surface area (Å²) in [7, 11) is 0. The van der Waals surface area contributed by atoms with E-state index in [1.165, 1.54) is 9.80 Å². The van der Waals surface area contributed by atoms with E-state index in [2.05, 4.69) is 10.6 Å². The van der Waals surface area contributed by atoms with Crippen molar-refractivity contribution in [1.29, 1.82) is 0 Å². The van der Waals surface area contributed by atoms with Gasteiger partial charge in [-0.25, -0.2) is 0 Å². The zero-order chi connectivity index (χ0) is 25.6. The smallest absolute Gasteiger partial charge is 0.256 e. The van der Waals surface area contributed by atoms with Gasteiger partial charge in [-0.15, -0.1) is 0 Å². The SMILES string of the molecule is Cc1ccc(C)c(C(=O)NC2CC3C(=O)NC4CCN(C(=O)C(O)c5ccccc5)C4C(=O)N3C2)c1. The van der Waals surface area contributed by atoms with Crippen LogP contribution < -0.4 is 10.6 Å². The second-order valence-corrected chi connectivity index (χ2v) is 9.92. The zero-order valence-electron chi connectivity index (χ0n) is 20.3. The summed E-state index contributed by atoms with van der Waals surface area (Å²) < 4.78 is 0. The van der Waals surface area contributed by atoms with Crippen LogP contribution in [-0.4, -0.2) is 75.8 Å². The van der Waals surface area contributed by atoms with Gasteiger partial charge in [0.25, 0.3) is 11.8 Å². The Hall–Kier alpha value is -3.72. The number of benzene rings is 2. The van der Waals surface area contributed by atoms with Crippen LogP contribution in [0.25, 0.3) is 0 Å². The summed E-state index contributed by atoms with van der Waals surface area (Å²) in [5.74, 6) is -1.42. The Labute approximate surface area is 209 Å². The van der Waals surface area contributed by atoms with Crippen molar-refractivity contribution in [3.63, 3.8) is 0 Å². The van der Waals surface area contributed by atoms with Crippen LogP contribution in [0, 0.1) is 13.8 Å². The highest BCUT2D eigenvalue weighted by Gasteiger charge is 2.53. The van der Waals surface area contributed by atoms with Gasteiger partial charge in [0, 0.05) is 24.7 Å². The molecule has 3 heterocycles. The highest BCUT2D eigenvalue weighted by atomic mass is 16.3. The third-order valence-corrected chi connectivity index (χ3v) is 7.47. The molecule has 0 aromatic heterocycles. The molecule has 0 saturated carbocycles. The monoisotopic (exact) mass is 490 g/mol. The lowest BCUT2D eigenvalue weighted by Crippen LogP contribution is -2.53. The summed E-state index contributed by atoms with van der Waals surface area (Å²) in [6.07, 6.45) is -0.660. The molecule has 5 rings (SSSR count). The van der Waals surface area contributed by atoms with E-state index in [0.29, 0.717) is 24.0 Å². The number of aliphatic hydroxyl groups excluding tert-OH is 1. The van der Waals surface area contributed by atoms with Crippen molar-refractivity contribution in [3.05, 3.63) is 70.8 Å². The largest absolute Gasteiger partial charge is 0.378 e. The zero-order valence-corrected chi connectivity index (χ0v) is 20.3. The number of aryl methyl sites for hydroxylation is 2. The molecule has 5 atom stereocenters. The fourth-order valence-electron chi connectivity index (χ4n) is 5.56. The Morgan fingerprint density at radius 3 is 2.61 bits per heavy atom. The number of rotatable bonds is 4. The van der Waals surface area contributed by atoms with Crippen molar-refractivity contribution < 1.29 is 24.3 Å². The maximum absolute atomic E-state index is 13.7. The minimum Gasteiger partial charge on any atom is -0.378 e. The third kappa shape index (κ3) is 4.24. The molecule has 2 aromatic carbocycles. The topological polar surface area (TPSA) is 119 Å². The first-order chi connectivity index (χ1) is 17.2. The number of carbonyl (C=O) groups is 4. The van der Waals surface area contributed by atoms with E-state index in [4.69, 9.17) is 0 Å². The van der Waals surface area contributed by atoms with Gasteiger partial charge in [-0.1, -0.05) is 48.0 Å². The van der Waals surface area contributed by atoms with E-state index in [-0.39, 0.29) is 30.8 Å². The van der Waals surface area contributed by atoms with Gasteiger partial charge < -0.3 is 25.5 Å². The average molecular weight is 491 g/mol. The fraction of sp³-hybridized carbons (Fsp3) is 0.407. The van der Waals surface area contributed by atoms with Gasteiger partial charge in [-0.05, 0) is 43.9 Å². The number of fused-ring (bicyclic) bond motifs is 2. The number of carbonyl (C=O) groups excluding carboxylic acids is 4. The Bertz CT molecular complexity index is 1220. The van der Waals surface area contributed by atoms with E-state index in [1.807, 2.05) is 32.0 Å². The molecule has 3 aliphatic heterocycles. The van der Waals surface area contributed by atoms with E-state index in [9.17, 15) is 24.3 Å². The molecule has 0 radical (unpaired) electrons. The Morgan fingerprint density at radius 1 is 1.11 bits per heavy atom. The first kappa shape index (κ1) is 24.0. The molecule has 36 heavy (non-hydrogen) atoms. The number of hydrogen-bond donors (Lipinski definition) is 3. The molecule has 4 amide bonds. The minimum atomic E-state index is -1.39. The van der Waals surface area contributed by atoms with Crippen molar-refractivity contribution in [1.82, 2.24) is 20.4 Å². The summed E-state index contributed by atoms with van der Waals surface area (Å²) >= 11 is 0. The number of hydrogen-bond acceptors (Lipinski definition) is 5. The van der Waals surface area contributed by atoms with E-state index in [1.54, 1.807) is 30.3 Å². The minimum absolute atomic E-state index is 0.181. The maximum Gasteiger partial charge on any atom is 0.256 e. The van der Waals surface area contributed by atoms with Crippen LogP contribution >= 0.6 is 0 Å². The molecule has 0 spiro atoms. The van der Waals surface area contributed by atoms with Gasteiger partial charge in [0.1, 0.15) is 12.1 Å². The molecule has 9 nitrogen and oxygen atoms in total. The van der Waals surface area contributed by atoms with Gasteiger partial charge in [0.05, 0.1) is 6.04 Å². The molecule has 9 heteroatoms. The molecule has 0 bridgehead atoms. The highest BCUT2D eigenvalue weighted by molar-refractivity contribution is 5.98. The summed E-state index contributed by atoms with van der Waals surface area (Å²) in [4.78, 5) is 55.7.